The quantitative estimate of drug-likeness (QED) is 0.303. The van der Waals surface area contributed by atoms with Crippen molar-refractivity contribution in [3.63, 3.8) is 0 Å². The molecule has 2 aromatic carbocycles. The molecule has 0 N–H and O–H groups in total. The number of rotatable bonds is 12. The molecule has 2 aromatic rings. The lowest BCUT2D eigenvalue weighted by Crippen LogP contribution is -2.53. The lowest BCUT2D eigenvalue weighted by Gasteiger charge is -2.50. The number of hydrogen-bond donors (Lipinski definition) is 0. The van der Waals surface area contributed by atoms with Crippen LogP contribution in [0.5, 0.6) is 0 Å². The van der Waals surface area contributed by atoms with Crippen molar-refractivity contribution in [2.45, 2.75) is 87.6 Å². The molecule has 4 rings (SSSR count). The normalized spacial score (nSPS) is 28.9. The third-order valence-electron chi connectivity index (χ3n) is 7.59. The number of hydrogen-bond acceptors (Lipinski definition) is 3. The highest BCUT2D eigenvalue weighted by Crippen LogP contribution is 2.45. The summed E-state index contributed by atoms with van der Waals surface area (Å²) in [5.74, 6) is 0. The van der Waals surface area contributed by atoms with Crippen molar-refractivity contribution in [3.05, 3.63) is 97.1 Å². The van der Waals surface area contributed by atoms with Gasteiger partial charge in [-0.3, -0.25) is 0 Å². The van der Waals surface area contributed by atoms with Crippen LogP contribution in [0.15, 0.2) is 86.0 Å². The van der Waals surface area contributed by atoms with E-state index in [9.17, 15) is 0 Å². The van der Waals surface area contributed by atoms with Crippen LogP contribution in [0.25, 0.3) is 0 Å². The molecule has 0 amide bonds. The molecule has 0 aliphatic heterocycles. The highest BCUT2D eigenvalue weighted by molar-refractivity contribution is 5.20. The van der Waals surface area contributed by atoms with Crippen LogP contribution < -0.4 is 0 Å². The Kier molecular flexibility index (Phi) is 9.37. The van der Waals surface area contributed by atoms with Gasteiger partial charge in [0.2, 0.25) is 0 Å². The van der Waals surface area contributed by atoms with Gasteiger partial charge >= 0.3 is 0 Å². The molecule has 0 bridgehead atoms. The van der Waals surface area contributed by atoms with Crippen LogP contribution in [0, 0.1) is 0 Å². The van der Waals surface area contributed by atoms with Crippen molar-refractivity contribution < 1.29 is 14.2 Å². The van der Waals surface area contributed by atoms with Crippen molar-refractivity contribution in [2.24, 2.45) is 0 Å². The summed E-state index contributed by atoms with van der Waals surface area (Å²) in [5.41, 5.74) is 2.17. The maximum absolute atomic E-state index is 7.52. The fourth-order valence-electron chi connectivity index (χ4n) is 6.21. The second-order valence-corrected chi connectivity index (χ2v) is 10.5. The van der Waals surface area contributed by atoms with Crippen LogP contribution >= 0.6 is 0 Å². The summed E-state index contributed by atoms with van der Waals surface area (Å²) in [6, 6.07) is 21.7. The minimum Gasteiger partial charge on any atom is -0.374 e. The molecule has 0 aromatic heterocycles. The monoisotopic (exact) mass is 474 g/mol. The lowest BCUT2D eigenvalue weighted by molar-refractivity contribution is -0.211. The zero-order chi connectivity index (χ0) is 24.4. The van der Waals surface area contributed by atoms with E-state index in [2.05, 4.69) is 73.8 Å². The maximum atomic E-state index is 7.52. The molecule has 0 spiro atoms. The number of ether oxygens (including phenoxy) is 3. The maximum Gasteiger partial charge on any atom is 0.0755 e. The van der Waals surface area contributed by atoms with E-state index in [0.29, 0.717) is 13.2 Å². The Morgan fingerprint density at radius 2 is 1.11 bits per heavy atom. The minimum atomic E-state index is -0.249. The summed E-state index contributed by atoms with van der Waals surface area (Å²) in [7, 11) is 0. The van der Waals surface area contributed by atoms with Crippen LogP contribution in [0.4, 0.5) is 0 Å². The second kappa shape index (κ2) is 12.7. The first-order valence-corrected chi connectivity index (χ1v) is 13.4. The predicted molar refractivity (Wildman–Crippen MR) is 144 cm³/mol. The molecule has 0 radical (unpaired) electrons. The predicted octanol–water partition coefficient (Wildman–Crippen LogP) is 7.26. The summed E-state index contributed by atoms with van der Waals surface area (Å²) < 4.78 is 19.9. The van der Waals surface area contributed by atoms with Gasteiger partial charge in [-0.1, -0.05) is 72.8 Å². The summed E-state index contributed by atoms with van der Waals surface area (Å²) in [6.45, 7) is 8.90. The average Bonchev–Trinajstić information content (AvgIpc) is 2.87. The fraction of sp³-hybridized carbons (Fsp3) is 0.500. The Bertz CT molecular complexity index is 835. The standard InChI is InChI=1S/C32H42O3/c1-3-21-33-29-17-11-19-31(25-29,23-27-13-7-5-8-14-27)35-32(24-28-15-9-6-10-16-28)20-12-18-30(26-32)34-22-4-2/h3-10,13-16,29-30H,1-2,11-12,17-26H2/t29-,30-,31+,32+/m1/s1. The number of benzene rings is 2. The van der Waals surface area contributed by atoms with Crippen LogP contribution in [0.2, 0.25) is 0 Å². The summed E-state index contributed by atoms with van der Waals surface area (Å²) in [6.07, 6.45) is 14.3. The third kappa shape index (κ3) is 7.39. The van der Waals surface area contributed by atoms with Gasteiger partial charge in [-0.15, -0.1) is 13.2 Å². The average molecular weight is 475 g/mol. The molecular weight excluding hydrogens is 432 g/mol. The van der Waals surface area contributed by atoms with Gasteiger partial charge in [0.15, 0.2) is 0 Å². The first-order chi connectivity index (χ1) is 17.1. The highest BCUT2D eigenvalue weighted by atomic mass is 16.5. The van der Waals surface area contributed by atoms with E-state index < -0.39 is 0 Å². The molecule has 2 aliphatic carbocycles. The van der Waals surface area contributed by atoms with Crippen LogP contribution in [0.3, 0.4) is 0 Å². The summed E-state index contributed by atoms with van der Waals surface area (Å²) in [4.78, 5) is 0. The minimum absolute atomic E-state index is 0.204. The smallest absolute Gasteiger partial charge is 0.0755 e. The van der Waals surface area contributed by atoms with Crippen LogP contribution in [-0.4, -0.2) is 36.6 Å². The summed E-state index contributed by atoms with van der Waals surface area (Å²) >= 11 is 0. The van der Waals surface area contributed by atoms with Gasteiger partial charge < -0.3 is 14.2 Å². The zero-order valence-corrected chi connectivity index (χ0v) is 21.2. The molecule has 2 aliphatic rings. The topological polar surface area (TPSA) is 27.7 Å². The highest BCUT2D eigenvalue weighted by Gasteiger charge is 2.47. The molecule has 0 saturated heterocycles. The molecular formula is C32H42O3. The van der Waals surface area contributed by atoms with E-state index >= 15 is 0 Å². The Hall–Kier alpha value is -2.20. The van der Waals surface area contributed by atoms with E-state index in [1.165, 1.54) is 11.1 Å². The van der Waals surface area contributed by atoms with Gasteiger partial charge in [0.05, 0.1) is 36.6 Å². The first-order valence-electron chi connectivity index (χ1n) is 13.4. The lowest BCUT2D eigenvalue weighted by atomic mass is 9.74. The largest absolute Gasteiger partial charge is 0.374 e. The van der Waals surface area contributed by atoms with Gasteiger partial charge in [0, 0.05) is 25.7 Å². The van der Waals surface area contributed by atoms with Crippen molar-refractivity contribution >= 4 is 0 Å². The van der Waals surface area contributed by atoms with Crippen molar-refractivity contribution in [2.75, 3.05) is 13.2 Å². The molecule has 3 heteroatoms. The molecule has 2 fully saturated rings. The van der Waals surface area contributed by atoms with Crippen molar-refractivity contribution in [1.29, 1.82) is 0 Å². The Morgan fingerprint density at radius 1 is 0.686 bits per heavy atom. The van der Waals surface area contributed by atoms with Gasteiger partial charge in [-0.05, 0) is 49.7 Å². The molecule has 3 nitrogen and oxygen atoms in total. The molecule has 2 saturated carbocycles. The van der Waals surface area contributed by atoms with E-state index in [4.69, 9.17) is 14.2 Å². The Balaban J connectivity index is 1.64. The van der Waals surface area contributed by atoms with Crippen molar-refractivity contribution in [3.8, 4) is 0 Å². The van der Waals surface area contributed by atoms with Gasteiger partial charge in [0.25, 0.3) is 0 Å². The molecule has 4 atom stereocenters. The van der Waals surface area contributed by atoms with Gasteiger partial charge in [0.1, 0.15) is 0 Å². The van der Waals surface area contributed by atoms with Gasteiger partial charge in [-0.2, -0.15) is 0 Å². The van der Waals surface area contributed by atoms with Crippen LogP contribution in [-0.2, 0) is 27.1 Å². The molecule has 188 valence electrons. The first kappa shape index (κ1) is 25.9. The van der Waals surface area contributed by atoms with E-state index in [0.717, 1.165) is 64.2 Å². The van der Waals surface area contributed by atoms with E-state index in [-0.39, 0.29) is 23.4 Å². The second-order valence-electron chi connectivity index (χ2n) is 10.5. The zero-order valence-electron chi connectivity index (χ0n) is 21.2. The Labute approximate surface area is 212 Å². The molecule has 0 heterocycles. The van der Waals surface area contributed by atoms with E-state index in [1.54, 1.807) is 0 Å². The van der Waals surface area contributed by atoms with Crippen LogP contribution in [0.1, 0.15) is 62.5 Å². The fourth-order valence-corrected chi connectivity index (χ4v) is 6.21. The van der Waals surface area contributed by atoms with Crippen molar-refractivity contribution in [1.82, 2.24) is 0 Å². The summed E-state index contributed by atoms with van der Waals surface area (Å²) in [5, 5.41) is 0. The van der Waals surface area contributed by atoms with Gasteiger partial charge in [-0.25, -0.2) is 0 Å². The van der Waals surface area contributed by atoms with E-state index in [1.807, 2.05) is 12.2 Å². The third-order valence-corrected chi connectivity index (χ3v) is 7.59. The SMILES string of the molecule is C=CCO[C@@H]1CCC[C@@](Cc2ccccc2)(O[C@]2(Cc3ccccc3)CCC[C@@H](OCC=C)C2)C1. The molecule has 35 heavy (non-hydrogen) atoms. The molecule has 0 unspecified atom stereocenters. The Morgan fingerprint density at radius 3 is 1.51 bits per heavy atom.